The van der Waals surface area contributed by atoms with E-state index in [1.54, 1.807) is 6.07 Å². The smallest absolute Gasteiger partial charge is 0.157 e. The number of methoxy groups -OCH3 is 1. The van der Waals surface area contributed by atoms with Gasteiger partial charge in [0.05, 0.1) is 0 Å². The lowest BCUT2D eigenvalue weighted by Crippen LogP contribution is -2.32. The van der Waals surface area contributed by atoms with Gasteiger partial charge >= 0.3 is 0 Å². The van der Waals surface area contributed by atoms with Gasteiger partial charge in [-0.25, -0.2) is 0 Å². The molecule has 0 saturated heterocycles. The molecule has 2 aromatic carbocycles. The molecule has 22 heavy (non-hydrogen) atoms. The highest BCUT2D eigenvalue weighted by Gasteiger charge is 2.33. The zero-order valence-corrected chi connectivity index (χ0v) is 11.9. The average molecular weight is 304 g/mol. The third-order valence-corrected chi connectivity index (χ3v) is 3.80. The van der Waals surface area contributed by atoms with Crippen LogP contribution in [0, 0.1) is 0 Å². The number of aromatic hydroxyl groups is 4. The van der Waals surface area contributed by atoms with Gasteiger partial charge in [0.15, 0.2) is 17.6 Å². The van der Waals surface area contributed by atoms with Gasteiger partial charge in [-0.2, -0.15) is 0 Å². The van der Waals surface area contributed by atoms with Crippen LogP contribution in [0.5, 0.6) is 28.7 Å². The molecule has 116 valence electrons. The molecule has 2 unspecified atom stereocenters. The summed E-state index contributed by atoms with van der Waals surface area (Å²) in [4.78, 5) is 0. The van der Waals surface area contributed by atoms with Gasteiger partial charge in [-0.05, 0) is 17.7 Å². The zero-order valence-electron chi connectivity index (χ0n) is 11.9. The van der Waals surface area contributed by atoms with Crippen molar-refractivity contribution in [2.45, 2.75) is 18.6 Å². The molecule has 2 aromatic rings. The molecule has 6 heteroatoms. The average Bonchev–Trinajstić information content (AvgIpc) is 2.48. The van der Waals surface area contributed by atoms with E-state index >= 15 is 0 Å². The summed E-state index contributed by atoms with van der Waals surface area (Å²) in [6.45, 7) is 0. The molecule has 0 saturated carbocycles. The van der Waals surface area contributed by atoms with Crippen molar-refractivity contribution in [2.24, 2.45) is 0 Å². The Hall–Kier alpha value is -2.60. The molecule has 1 heterocycles. The minimum Gasteiger partial charge on any atom is -0.508 e. The molecule has 3 rings (SSSR count). The lowest BCUT2D eigenvalue weighted by molar-refractivity contribution is -0.0122. The van der Waals surface area contributed by atoms with Crippen LogP contribution in [-0.2, 0) is 11.2 Å². The Morgan fingerprint density at radius 1 is 1.00 bits per heavy atom. The van der Waals surface area contributed by atoms with Crippen LogP contribution in [0.2, 0.25) is 0 Å². The molecule has 0 fully saturated rings. The number of hydrogen-bond donors (Lipinski definition) is 4. The van der Waals surface area contributed by atoms with Crippen LogP contribution in [0.25, 0.3) is 0 Å². The van der Waals surface area contributed by atoms with E-state index in [4.69, 9.17) is 9.47 Å². The maximum atomic E-state index is 9.92. The quantitative estimate of drug-likeness (QED) is 0.635. The minimum absolute atomic E-state index is 0.0518. The van der Waals surface area contributed by atoms with Crippen LogP contribution in [0.15, 0.2) is 30.3 Å². The Kier molecular flexibility index (Phi) is 3.46. The lowest BCUT2D eigenvalue weighted by atomic mass is 9.93. The Bertz CT molecular complexity index is 712. The van der Waals surface area contributed by atoms with Crippen LogP contribution >= 0.6 is 0 Å². The Morgan fingerprint density at radius 2 is 1.77 bits per heavy atom. The fraction of sp³-hybridized carbons (Fsp3) is 0.250. The first-order chi connectivity index (χ1) is 10.5. The molecule has 0 amide bonds. The van der Waals surface area contributed by atoms with E-state index in [0.717, 1.165) is 0 Å². The first kappa shape index (κ1) is 14.3. The molecular formula is C16H16O6. The summed E-state index contributed by atoms with van der Waals surface area (Å²) < 4.78 is 11.3. The second-order valence-corrected chi connectivity index (χ2v) is 5.21. The largest absolute Gasteiger partial charge is 0.508 e. The van der Waals surface area contributed by atoms with Crippen molar-refractivity contribution in [2.75, 3.05) is 7.11 Å². The number of hydrogen-bond acceptors (Lipinski definition) is 6. The summed E-state index contributed by atoms with van der Waals surface area (Å²) in [6.07, 6.45) is -0.526. The Morgan fingerprint density at radius 3 is 2.45 bits per heavy atom. The summed E-state index contributed by atoms with van der Waals surface area (Å²) >= 11 is 0. The molecule has 0 aliphatic carbocycles. The van der Waals surface area contributed by atoms with Gasteiger partial charge in [-0.15, -0.1) is 0 Å². The normalized spacial score (nSPS) is 20.2. The summed E-state index contributed by atoms with van der Waals surface area (Å²) in [7, 11) is 1.53. The molecule has 0 bridgehead atoms. The molecule has 0 radical (unpaired) electrons. The van der Waals surface area contributed by atoms with E-state index in [1.165, 1.54) is 31.4 Å². The minimum atomic E-state index is -0.537. The van der Waals surface area contributed by atoms with E-state index in [2.05, 4.69) is 0 Å². The molecule has 0 aromatic heterocycles. The standard InChI is InChI=1S/C16H16O6/c1-21-15-7-10-12(19)5-9(17)6-14(10)22-16(15)8-2-3-11(18)13(20)4-8/h2-6,15-20H,7H2,1H3. The molecule has 0 spiro atoms. The van der Waals surface area contributed by atoms with E-state index < -0.39 is 6.10 Å². The number of benzene rings is 2. The van der Waals surface area contributed by atoms with Gasteiger partial charge in [-0.1, -0.05) is 6.07 Å². The summed E-state index contributed by atoms with van der Waals surface area (Å²) in [6, 6.07) is 7.07. The highest BCUT2D eigenvalue weighted by molar-refractivity contribution is 5.52. The van der Waals surface area contributed by atoms with Gasteiger partial charge < -0.3 is 29.9 Å². The van der Waals surface area contributed by atoms with Gasteiger partial charge in [0.25, 0.3) is 0 Å². The molecule has 1 aliphatic rings. The van der Waals surface area contributed by atoms with Gasteiger partial charge in [0.1, 0.15) is 23.4 Å². The topological polar surface area (TPSA) is 99.4 Å². The van der Waals surface area contributed by atoms with Gasteiger partial charge in [-0.3, -0.25) is 0 Å². The zero-order chi connectivity index (χ0) is 15.9. The summed E-state index contributed by atoms with van der Waals surface area (Å²) in [5.74, 6) is -0.253. The Balaban J connectivity index is 2.02. The van der Waals surface area contributed by atoms with Gasteiger partial charge in [0.2, 0.25) is 0 Å². The number of phenols is 4. The number of fused-ring (bicyclic) bond motifs is 1. The molecule has 1 aliphatic heterocycles. The van der Waals surface area contributed by atoms with Crippen molar-refractivity contribution < 1.29 is 29.9 Å². The fourth-order valence-electron chi connectivity index (χ4n) is 2.65. The third-order valence-electron chi connectivity index (χ3n) is 3.80. The molecule has 6 nitrogen and oxygen atoms in total. The van der Waals surface area contributed by atoms with Crippen molar-refractivity contribution >= 4 is 0 Å². The summed E-state index contributed by atoms with van der Waals surface area (Å²) in [5.41, 5.74) is 1.18. The highest BCUT2D eigenvalue weighted by Crippen LogP contribution is 2.43. The number of rotatable bonds is 2. The maximum absolute atomic E-state index is 9.92. The van der Waals surface area contributed by atoms with Crippen molar-refractivity contribution in [1.29, 1.82) is 0 Å². The fourth-order valence-corrected chi connectivity index (χ4v) is 2.65. The SMILES string of the molecule is COC1Cc2c(O)cc(O)cc2OC1c1ccc(O)c(O)c1. The maximum Gasteiger partial charge on any atom is 0.157 e. The number of ether oxygens (including phenoxy) is 2. The van der Waals surface area contributed by atoms with Gasteiger partial charge in [0, 0.05) is 31.2 Å². The first-order valence-corrected chi connectivity index (χ1v) is 6.75. The third kappa shape index (κ3) is 2.37. The van der Waals surface area contributed by atoms with E-state index in [0.29, 0.717) is 23.3 Å². The van der Waals surface area contributed by atoms with Crippen LogP contribution in [-0.4, -0.2) is 33.6 Å². The highest BCUT2D eigenvalue weighted by atomic mass is 16.5. The van der Waals surface area contributed by atoms with E-state index in [1.807, 2.05) is 0 Å². The van der Waals surface area contributed by atoms with Crippen LogP contribution in [0.4, 0.5) is 0 Å². The second kappa shape index (κ2) is 5.31. The van der Waals surface area contributed by atoms with Crippen molar-refractivity contribution in [3.05, 3.63) is 41.5 Å². The molecule has 2 atom stereocenters. The summed E-state index contributed by atoms with van der Waals surface area (Å²) in [5, 5.41) is 38.6. The van der Waals surface area contributed by atoms with Crippen LogP contribution in [0.1, 0.15) is 17.2 Å². The monoisotopic (exact) mass is 304 g/mol. The molecular weight excluding hydrogens is 288 g/mol. The van der Waals surface area contributed by atoms with E-state index in [9.17, 15) is 20.4 Å². The van der Waals surface area contributed by atoms with Crippen LogP contribution < -0.4 is 4.74 Å². The lowest BCUT2D eigenvalue weighted by Gasteiger charge is -2.33. The molecule has 4 N–H and O–H groups in total. The van der Waals surface area contributed by atoms with E-state index in [-0.39, 0.29) is 29.1 Å². The van der Waals surface area contributed by atoms with Crippen molar-refractivity contribution in [3.63, 3.8) is 0 Å². The predicted octanol–water partition coefficient (Wildman–Crippen LogP) is 2.20. The predicted molar refractivity (Wildman–Crippen MR) is 77.4 cm³/mol. The second-order valence-electron chi connectivity index (χ2n) is 5.21. The Labute approximate surface area is 126 Å². The van der Waals surface area contributed by atoms with Crippen molar-refractivity contribution in [1.82, 2.24) is 0 Å². The number of phenolic OH excluding ortho intramolecular Hbond substituents is 4. The van der Waals surface area contributed by atoms with Crippen LogP contribution in [0.3, 0.4) is 0 Å². The first-order valence-electron chi connectivity index (χ1n) is 6.75. The van der Waals surface area contributed by atoms with Crippen molar-refractivity contribution in [3.8, 4) is 28.7 Å².